The van der Waals surface area contributed by atoms with E-state index in [1.807, 2.05) is 0 Å². The van der Waals surface area contributed by atoms with Gasteiger partial charge in [-0.2, -0.15) is 5.26 Å². The Morgan fingerprint density at radius 2 is 1.58 bits per heavy atom. The zero-order chi connectivity index (χ0) is 22.5. The second-order valence-electron chi connectivity index (χ2n) is 6.25. The van der Waals surface area contributed by atoms with Crippen molar-refractivity contribution in [3.8, 4) is 29.1 Å². The summed E-state index contributed by atoms with van der Waals surface area (Å²) in [6.45, 7) is 0. The highest BCUT2D eigenvalue weighted by Gasteiger charge is 2.25. The fourth-order valence-corrected chi connectivity index (χ4v) is 3.98. The molecule has 2 aromatic carbocycles. The number of ketones is 1. The molecule has 0 atom stereocenters. The Kier molecular flexibility index (Phi) is 6.52. The third-order valence-electron chi connectivity index (χ3n) is 4.57. The third-order valence-corrected chi connectivity index (χ3v) is 5.69. The summed E-state index contributed by atoms with van der Waals surface area (Å²) >= 11 is 1.09. The van der Waals surface area contributed by atoms with Crippen molar-refractivity contribution in [2.45, 2.75) is 0 Å². The van der Waals surface area contributed by atoms with Gasteiger partial charge in [-0.25, -0.2) is 0 Å². The van der Waals surface area contributed by atoms with Gasteiger partial charge >= 0.3 is 0 Å². The van der Waals surface area contributed by atoms with E-state index in [1.165, 1.54) is 21.3 Å². The number of benzene rings is 2. The van der Waals surface area contributed by atoms with Gasteiger partial charge in [0.05, 0.1) is 45.4 Å². The van der Waals surface area contributed by atoms with Crippen molar-refractivity contribution in [3.63, 3.8) is 0 Å². The maximum atomic E-state index is 13.2. The van der Waals surface area contributed by atoms with Gasteiger partial charge in [0, 0.05) is 12.1 Å². The number of hydrogen-bond donors (Lipinski definition) is 2. The highest BCUT2D eigenvalue weighted by Crippen LogP contribution is 2.41. The lowest BCUT2D eigenvalue weighted by molar-refractivity contribution is 0.104. The van der Waals surface area contributed by atoms with Crippen molar-refractivity contribution < 1.29 is 23.7 Å². The van der Waals surface area contributed by atoms with E-state index < -0.39 is 0 Å². The van der Waals surface area contributed by atoms with Crippen LogP contribution in [0.3, 0.4) is 0 Å². The van der Waals surface area contributed by atoms with E-state index in [9.17, 15) is 10.1 Å². The highest BCUT2D eigenvalue weighted by atomic mass is 32.1. The average molecular weight is 439 g/mol. The molecule has 0 saturated carbocycles. The molecular formula is C22H21N3O5S. The molecule has 0 radical (unpaired) electrons. The average Bonchev–Trinajstić information content (AvgIpc) is 3.12. The first-order chi connectivity index (χ1) is 15.0. The molecule has 0 saturated heterocycles. The van der Waals surface area contributed by atoms with Crippen LogP contribution in [0.2, 0.25) is 0 Å². The number of rotatable bonds is 8. The van der Waals surface area contributed by atoms with Crippen molar-refractivity contribution in [1.29, 1.82) is 5.26 Å². The Hall–Kier alpha value is -3.90. The molecule has 0 spiro atoms. The lowest BCUT2D eigenvalue weighted by Crippen LogP contribution is -2.05. The molecule has 3 rings (SSSR count). The number of methoxy groups -OCH3 is 4. The molecule has 0 unspecified atom stereocenters. The van der Waals surface area contributed by atoms with Gasteiger partial charge in [-0.1, -0.05) is 0 Å². The van der Waals surface area contributed by atoms with E-state index in [4.69, 9.17) is 24.7 Å². The predicted molar refractivity (Wildman–Crippen MR) is 119 cm³/mol. The summed E-state index contributed by atoms with van der Waals surface area (Å²) in [7, 11) is 6.07. The molecule has 0 aliphatic heterocycles. The summed E-state index contributed by atoms with van der Waals surface area (Å²) in [6, 6.07) is 12.2. The fourth-order valence-electron chi connectivity index (χ4n) is 2.94. The zero-order valence-electron chi connectivity index (χ0n) is 17.4. The summed E-state index contributed by atoms with van der Waals surface area (Å²) < 4.78 is 21.1. The number of ether oxygens (including phenoxy) is 4. The van der Waals surface area contributed by atoms with Gasteiger partial charge in [0.15, 0.2) is 0 Å². The Morgan fingerprint density at radius 3 is 2.16 bits per heavy atom. The number of carbonyl (C=O) groups excluding carboxylic acids is 1. The first kappa shape index (κ1) is 21.8. The van der Waals surface area contributed by atoms with E-state index in [1.54, 1.807) is 43.5 Å². The van der Waals surface area contributed by atoms with E-state index in [-0.39, 0.29) is 21.9 Å². The lowest BCUT2D eigenvalue weighted by Gasteiger charge is -2.11. The fraction of sp³-hybridized carbons (Fsp3) is 0.182. The van der Waals surface area contributed by atoms with Crippen molar-refractivity contribution >= 4 is 33.5 Å². The van der Waals surface area contributed by atoms with Crippen LogP contribution in [0.25, 0.3) is 0 Å². The number of nitrogens with two attached hydrogens (primary N) is 1. The highest BCUT2D eigenvalue weighted by molar-refractivity contribution is 7.19. The minimum Gasteiger partial charge on any atom is -0.497 e. The number of carbonyl (C=O) groups is 1. The van der Waals surface area contributed by atoms with Crippen molar-refractivity contribution in [2.75, 3.05) is 39.5 Å². The Labute approximate surface area is 183 Å². The first-order valence-corrected chi connectivity index (χ1v) is 9.87. The molecule has 1 aromatic heterocycles. The Balaban J connectivity index is 2.03. The van der Waals surface area contributed by atoms with Crippen LogP contribution >= 0.6 is 11.3 Å². The van der Waals surface area contributed by atoms with Gasteiger partial charge in [-0.05, 0) is 24.3 Å². The second kappa shape index (κ2) is 9.28. The largest absolute Gasteiger partial charge is 0.497 e. The smallest absolute Gasteiger partial charge is 0.208 e. The van der Waals surface area contributed by atoms with Crippen molar-refractivity contribution in [1.82, 2.24) is 0 Å². The van der Waals surface area contributed by atoms with E-state index >= 15 is 0 Å². The van der Waals surface area contributed by atoms with Crippen LogP contribution in [0.5, 0.6) is 23.0 Å². The van der Waals surface area contributed by atoms with Crippen LogP contribution in [-0.4, -0.2) is 34.2 Å². The topological polar surface area (TPSA) is 116 Å². The summed E-state index contributed by atoms with van der Waals surface area (Å²) in [6.07, 6.45) is 0. The SMILES string of the molecule is COc1ccc(Nc2sc(C(=O)c3ccc(OC)cc3OC)c(N)c2C#N)c(OC)c1. The minimum atomic E-state index is -0.353. The summed E-state index contributed by atoms with van der Waals surface area (Å²) in [5.74, 6) is 1.69. The molecular weight excluding hydrogens is 418 g/mol. The third kappa shape index (κ3) is 4.20. The predicted octanol–water partition coefficient (Wildman–Crippen LogP) is 4.21. The van der Waals surface area contributed by atoms with Gasteiger partial charge < -0.3 is 30.0 Å². The molecule has 31 heavy (non-hydrogen) atoms. The van der Waals surface area contributed by atoms with Crippen LogP contribution < -0.4 is 30.0 Å². The zero-order valence-corrected chi connectivity index (χ0v) is 18.3. The van der Waals surface area contributed by atoms with Crippen molar-refractivity contribution in [2.24, 2.45) is 0 Å². The van der Waals surface area contributed by atoms with Gasteiger partial charge in [-0.15, -0.1) is 11.3 Å². The second-order valence-corrected chi connectivity index (χ2v) is 7.27. The van der Waals surface area contributed by atoms with E-state index in [0.29, 0.717) is 39.2 Å². The van der Waals surface area contributed by atoms with Gasteiger partial charge in [0.2, 0.25) is 5.78 Å². The van der Waals surface area contributed by atoms with Gasteiger partial charge in [0.1, 0.15) is 44.5 Å². The Morgan fingerprint density at radius 1 is 0.968 bits per heavy atom. The lowest BCUT2D eigenvalue weighted by atomic mass is 10.1. The van der Waals surface area contributed by atoms with Crippen LogP contribution in [0.15, 0.2) is 36.4 Å². The van der Waals surface area contributed by atoms with Crippen LogP contribution in [0, 0.1) is 11.3 Å². The molecule has 3 N–H and O–H groups in total. The molecule has 0 aliphatic carbocycles. The van der Waals surface area contributed by atoms with E-state index in [2.05, 4.69) is 11.4 Å². The van der Waals surface area contributed by atoms with Crippen LogP contribution in [0.1, 0.15) is 20.8 Å². The van der Waals surface area contributed by atoms with Crippen LogP contribution in [0.4, 0.5) is 16.4 Å². The number of thiophene rings is 1. The minimum absolute atomic E-state index is 0.102. The summed E-state index contributed by atoms with van der Waals surface area (Å²) in [4.78, 5) is 13.4. The van der Waals surface area contributed by atoms with Gasteiger partial charge in [0.25, 0.3) is 0 Å². The number of nitrogens with one attached hydrogen (secondary N) is 1. The quantitative estimate of drug-likeness (QED) is 0.502. The first-order valence-electron chi connectivity index (χ1n) is 9.05. The molecule has 9 heteroatoms. The summed E-state index contributed by atoms with van der Waals surface area (Å²) in [5, 5.41) is 13.2. The molecule has 0 aliphatic rings. The number of nitriles is 1. The standard InChI is InChI=1S/C22H21N3O5S/c1-27-12-5-7-14(17(9-12)29-3)20(26)21-19(24)15(11-23)22(31-21)25-16-8-6-13(28-2)10-18(16)30-4/h5-10,25H,24H2,1-4H3. The molecule has 8 nitrogen and oxygen atoms in total. The number of hydrogen-bond acceptors (Lipinski definition) is 9. The normalized spacial score (nSPS) is 10.2. The molecule has 3 aromatic rings. The molecule has 1 heterocycles. The Bertz CT molecular complexity index is 1170. The molecule has 0 bridgehead atoms. The molecule has 160 valence electrons. The number of nitrogens with zero attached hydrogens (tertiary/aromatic N) is 1. The van der Waals surface area contributed by atoms with Gasteiger partial charge in [-0.3, -0.25) is 4.79 Å². The summed E-state index contributed by atoms with van der Waals surface area (Å²) in [5.41, 5.74) is 7.38. The van der Waals surface area contributed by atoms with Crippen LogP contribution in [-0.2, 0) is 0 Å². The maximum Gasteiger partial charge on any atom is 0.208 e. The van der Waals surface area contributed by atoms with Crippen molar-refractivity contribution in [3.05, 3.63) is 52.4 Å². The number of anilines is 3. The molecule has 0 fully saturated rings. The monoisotopic (exact) mass is 439 g/mol. The van der Waals surface area contributed by atoms with E-state index in [0.717, 1.165) is 11.3 Å². The number of nitrogen functional groups attached to an aromatic ring is 1. The maximum absolute atomic E-state index is 13.2. The molecule has 0 amide bonds.